The van der Waals surface area contributed by atoms with E-state index >= 15 is 0 Å². The topological polar surface area (TPSA) is 77.1 Å². The van der Waals surface area contributed by atoms with Crippen LogP contribution in [0.1, 0.15) is 44.6 Å². The quantitative estimate of drug-likeness (QED) is 0.528. The van der Waals surface area contributed by atoms with Crippen molar-refractivity contribution >= 4 is 23.4 Å². The molecule has 0 bridgehead atoms. The first-order chi connectivity index (χ1) is 16.4. The van der Waals surface area contributed by atoms with E-state index in [1.54, 1.807) is 45.4 Å². The number of amides is 2. The van der Waals surface area contributed by atoms with Gasteiger partial charge in [0, 0.05) is 35.8 Å². The Morgan fingerprint density at radius 2 is 1.65 bits per heavy atom. The largest absolute Gasteiger partial charge is 0.496 e. The van der Waals surface area contributed by atoms with Crippen LogP contribution in [0.2, 0.25) is 5.02 Å². The van der Waals surface area contributed by atoms with Crippen molar-refractivity contribution < 1.29 is 23.8 Å². The molecule has 2 amide bonds. The van der Waals surface area contributed by atoms with Crippen molar-refractivity contribution in [1.82, 2.24) is 10.2 Å². The third-order valence-electron chi connectivity index (χ3n) is 6.10. The number of halogens is 1. The Morgan fingerprint density at radius 1 is 1.03 bits per heavy atom. The molecular weight excluding hydrogens is 456 g/mol. The molecule has 1 fully saturated rings. The van der Waals surface area contributed by atoms with Gasteiger partial charge in [0.2, 0.25) is 5.91 Å². The molecule has 1 atom stereocenters. The Balaban J connectivity index is 1.74. The Hall–Kier alpha value is -2.93. The highest BCUT2D eigenvalue weighted by Gasteiger charge is 2.29. The van der Waals surface area contributed by atoms with Gasteiger partial charge in [-0.3, -0.25) is 9.59 Å². The van der Waals surface area contributed by atoms with Crippen molar-refractivity contribution in [2.75, 3.05) is 20.8 Å². The molecule has 0 spiro atoms. The lowest BCUT2D eigenvalue weighted by atomic mass is 9.95. The summed E-state index contributed by atoms with van der Waals surface area (Å²) in [6, 6.07) is 11.8. The molecule has 0 saturated heterocycles. The van der Waals surface area contributed by atoms with Gasteiger partial charge in [0.15, 0.2) is 6.61 Å². The summed E-state index contributed by atoms with van der Waals surface area (Å²) in [5, 5.41) is 3.66. The van der Waals surface area contributed by atoms with Gasteiger partial charge in [0.05, 0.1) is 14.2 Å². The molecule has 184 valence electrons. The lowest BCUT2D eigenvalue weighted by Crippen LogP contribution is -2.51. The highest BCUT2D eigenvalue weighted by atomic mass is 35.5. The first-order valence-electron chi connectivity index (χ1n) is 11.6. The normalized spacial score (nSPS) is 14.7. The second-order valence-electron chi connectivity index (χ2n) is 8.47. The molecule has 1 N–H and O–H groups in total. The number of rotatable bonds is 10. The molecule has 2 aromatic carbocycles. The van der Waals surface area contributed by atoms with Gasteiger partial charge in [-0.05, 0) is 31.4 Å². The number of nitrogens with zero attached hydrogens (tertiary/aromatic N) is 1. The number of nitrogens with one attached hydrogen (secondary N) is 1. The summed E-state index contributed by atoms with van der Waals surface area (Å²) in [7, 11) is 3.09. The number of benzene rings is 2. The van der Waals surface area contributed by atoms with Gasteiger partial charge in [-0.15, -0.1) is 0 Å². The van der Waals surface area contributed by atoms with Crippen molar-refractivity contribution in [3.05, 3.63) is 53.1 Å². The lowest BCUT2D eigenvalue weighted by molar-refractivity contribution is -0.142. The van der Waals surface area contributed by atoms with Crippen LogP contribution < -0.4 is 19.5 Å². The van der Waals surface area contributed by atoms with E-state index in [4.69, 9.17) is 25.8 Å². The molecule has 3 rings (SSSR count). The van der Waals surface area contributed by atoms with Crippen LogP contribution in [0.4, 0.5) is 0 Å². The molecular formula is C26H33ClN2O5. The molecule has 1 aliphatic carbocycles. The van der Waals surface area contributed by atoms with Crippen molar-refractivity contribution in [2.45, 2.75) is 57.7 Å². The smallest absolute Gasteiger partial charge is 0.261 e. The summed E-state index contributed by atoms with van der Waals surface area (Å²) in [6.07, 6.45) is 5.36. The number of ether oxygens (including phenoxy) is 3. The van der Waals surface area contributed by atoms with Crippen LogP contribution in [0, 0.1) is 0 Å². The SMILES string of the molecule is COc1cc(OC)cc(OCC(=O)N(Cc2ccccc2Cl)[C@@H](C)C(=O)NC2CCCCC2)c1. The van der Waals surface area contributed by atoms with Crippen LogP contribution >= 0.6 is 11.6 Å². The van der Waals surface area contributed by atoms with Gasteiger partial charge in [-0.1, -0.05) is 49.1 Å². The summed E-state index contributed by atoms with van der Waals surface area (Å²) in [5.41, 5.74) is 0.762. The number of carbonyl (C=O) groups is 2. The Morgan fingerprint density at radius 3 is 2.26 bits per heavy atom. The predicted octanol–water partition coefficient (Wildman–Crippen LogP) is 4.60. The number of hydrogen-bond acceptors (Lipinski definition) is 5. The molecule has 7 nitrogen and oxygen atoms in total. The molecule has 0 aromatic heterocycles. The van der Waals surface area contributed by atoms with Crippen molar-refractivity contribution in [1.29, 1.82) is 0 Å². The minimum atomic E-state index is -0.686. The van der Waals surface area contributed by atoms with Gasteiger partial charge in [0.1, 0.15) is 23.3 Å². The maximum absolute atomic E-state index is 13.3. The van der Waals surface area contributed by atoms with Gasteiger partial charge in [-0.2, -0.15) is 0 Å². The molecule has 0 heterocycles. The zero-order valence-electron chi connectivity index (χ0n) is 20.0. The van der Waals surface area contributed by atoms with Gasteiger partial charge in [0.25, 0.3) is 5.91 Å². The zero-order valence-corrected chi connectivity index (χ0v) is 20.8. The average Bonchev–Trinajstić information content (AvgIpc) is 2.86. The average molecular weight is 489 g/mol. The molecule has 34 heavy (non-hydrogen) atoms. The number of methoxy groups -OCH3 is 2. The highest BCUT2D eigenvalue weighted by Crippen LogP contribution is 2.27. The summed E-state index contributed by atoms with van der Waals surface area (Å²) in [4.78, 5) is 27.9. The lowest BCUT2D eigenvalue weighted by Gasteiger charge is -2.31. The molecule has 0 unspecified atom stereocenters. The fourth-order valence-electron chi connectivity index (χ4n) is 4.05. The fourth-order valence-corrected chi connectivity index (χ4v) is 4.25. The first kappa shape index (κ1) is 25.7. The van der Waals surface area contributed by atoms with E-state index in [0.717, 1.165) is 31.2 Å². The zero-order chi connectivity index (χ0) is 24.5. The minimum absolute atomic E-state index is 0.154. The van der Waals surface area contributed by atoms with Crippen LogP contribution in [0.25, 0.3) is 0 Å². The Kier molecular flexibility index (Phi) is 9.45. The molecule has 0 aliphatic heterocycles. The molecule has 8 heteroatoms. The van der Waals surface area contributed by atoms with Crippen molar-refractivity contribution in [3.63, 3.8) is 0 Å². The van der Waals surface area contributed by atoms with Crippen LogP contribution in [-0.2, 0) is 16.1 Å². The monoisotopic (exact) mass is 488 g/mol. The summed E-state index contributed by atoms with van der Waals surface area (Å²) >= 11 is 6.36. The van der Waals surface area contributed by atoms with Gasteiger partial charge < -0.3 is 24.4 Å². The maximum Gasteiger partial charge on any atom is 0.261 e. The van der Waals surface area contributed by atoms with E-state index < -0.39 is 6.04 Å². The van der Waals surface area contributed by atoms with E-state index in [1.165, 1.54) is 11.3 Å². The Labute approximate surface area is 206 Å². The molecule has 2 aromatic rings. The summed E-state index contributed by atoms with van der Waals surface area (Å²) < 4.78 is 16.3. The van der Waals surface area contributed by atoms with E-state index in [2.05, 4.69) is 5.32 Å². The second-order valence-corrected chi connectivity index (χ2v) is 8.88. The third-order valence-corrected chi connectivity index (χ3v) is 6.47. The molecule has 1 aliphatic rings. The second kappa shape index (κ2) is 12.5. The van der Waals surface area contributed by atoms with E-state index in [0.29, 0.717) is 22.3 Å². The highest BCUT2D eigenvalue weighted by molar-refractivity contribution is 6.31. The predicted molar refractivity (Wildman–Crippen MR) is 132 cm³/mol. The minimum Gasteiger partial charge on any atom is -0.496 e. The number of hydrogen-bond donors (Lipinski definition) is 1. The van der Waals surface area contributed by atoms with E-state index in [9.17, 15) is 9.59 Å². The Bertz CT molecular complexity index is 955. The van der Waals surface area contributed by atoms with Crippen LogP contribution in [-0.4, -0.2) is 49.6 Å². The summed E-state index contributed by atoms with van der Waals surface area (Å²) in [6.45, 7) is 1.69. The van der Waals surface area contributed by atoms with Crippen LogP contribution in [0.5, 0.6) is 17.2 Å². The fraction of sp³-hybridized carbons (Fsp3) is 0.462. The van der Waals surface area contributed by atoms with E-state index in [-0.39, 0.29) is 31.0 Å². The third kappa shape index (κ3) is 7.03. The standard InChI is InChI=1S/C26H33ClN2O5/c1-18(26(31)28-20-10-5-4-6-11-20)29(16-19-9-7-8-12-24(19)27)25(30)17-34-23-14-21(32-2)13-22(15-23)33-3/h7-9,12-15,18,20H,4-6,10-11,16-17H2,1-3H3,(H,28,31)/t18-/m0/s1. The van der Waals surface area contributed by atoms with Crippen molar-refractivity contribution in [3.8, 4) is 17.2 Å². The molecule has 0 radical (unpaired) electrons. The number of carbonyl (C=O) groups excluding carboxylic acids is 2. The van der Waals surface area contributed by atoms with E-state index in [1.807, 2.05) is 18.2 Å². The van der Waals surface area contributed by atoms with Crippen LogP contribution in [0.15, 0.2) is 42.5 Å². The van der Waals surface area contributed by atoms with Crippen molar-refractivity contribution in [2.24, 2.45) is 0 Å². The first-order valence-corrected chi connectivity index (χ1v) is 12.0. The van der Waals surface area contributed by atoms with Gasteiger partial charge in [-0.25, -0.2) is 0 Å². The summed E-state index contributed by atoms with van der Waals surface area (Å²) in [5.74, 6) is 1.04. The maximum atomic E-state index is 13.3. The molecule has 1 saturated carbocycles. The van der Waals surface area contributed by atoms with Crippen LogP contribution in [0.3, 0.4) is 0 Å². The van der Waals surface area contributed by atoms with Gasteiger partial charge >= 0.3 is 0 Å².